The third-order valence-electron chi connectivity index (χ3n) is 3.39. The van der Waals surface area contributed by atoms with Gasteiger partial charge in [0.1, 0.15) is 5.15 Å². The Bertz CT molecular complexity index is 392. The van der Waals surface area contributed by atoms with Crippen LogP contribution in [0.1, 0.15) is 38.4 Å². The molecule has 1 heterocycles. The minimum atomic E-state index is 0.209. The molecule has 1 rings (SSSR count). The largest absolute Gasteiger partial charge is 0.377 e. The van der Waals surface area contributed by atoms with Crippen LogP contribution in [0.4, 0.5) is 0 Å². The van der Waals surface area contributed by atoms with Gasteiger partial charge in [0.25, 0.3) is 0 Å². The molecular formula is C14H26ClN3O. The molecule has 19 heavy (non-hydrogen) atoms. The van der Waals surface area contributed by atoms with Crippen molar-refractivity contribution in [2.24, 2.45) is 7.05 Å². The van der Waals surface area contributed by atoms with Crippen LogP contribution in [0.5, 0.6) is 0 Å². The van der Waals surface area contributed by atoms with Crippen LogP contribution in [0, 0.1) is 6.92 Å². The van der Waals surface area contributed by atoms with E-state index in [1.165, 1.54) is 0 Å². The molecule has 0 radical (unpaired) electrons. The summed E-state index contributed by atoms with van der Waals surface area (Å²) in [6, 6.07) is 0.273. The summed E-state index contributed by atoms with van der Waals surface area (Å²) in [4.78, 5) is 0. The number of hydrogen-bond acceptors (Lipinski definition) is 3. The molecule has 0 bridgehead atoms. The number of halogens is 1. The van der Waals surface area contributed by atoms with E-state index in [0.29, 0.717) is 0 Å². The van der Waals surface area contributed by atoms with Crippen molar-refractivity contribution in [3.63, 3.8) is 0 Å². The van der Waals surface area contributed by atoms with Crippen LogP contribution in [0.3, 0.4) is 0 Å². The average Bonchev–Trinajstić information content (AvgIpc) is 2.62. The molecule has 0 amide bonds. The zero-order chi connectivity index (χ0) is 14.4. The number of nitrogens with one attached hydrogen (secondary N) is 1. The lowest BCUT2D eigenvalue weighted by atomic mass is 10.00. The standard InChI is InChI=1S/C14H26ClN3O/c1-6-13(19-8-3)12(16-7-2)9-11-10(4)17-18(5)14(11)15/h12-13,16H,6-9H2,1-5H3. The smallest absolute Gasteiger partial charge is 0.130 e. The fourth-order valence-electron chi connectivity index (χ4n) is 2.46. The summed E-state index contributed by atoms with van der Waals surface area (Å²) in [6.45, 7) is 9.97. The van der Waals surface area contributed by atoms with Gasteiger partial charge >= 0.3 is 0 Å². The summed E-state index contributed by atoms with van der Waals surface area (Å²) in [5.74, 6) is 0. The number of likely N-dealkylation sites (N-methyl/N-ethyl adjacent to an activating group) is 1. The van der Waals surface area contributed by atoms with Crippen LogP contribution in [0.25, 0.3) is 0 Å². The van der Waals surface area contributed by atoms with Gasteiger partial charge in [-0.25, -0.2) is 0 Å². The minimum absolute atomic E-state index is 0.209. The highest BCUT2D eigenvalue weighted by Crippen LogP contribution is 2.22. The monoisotopic (exact) mass is 287 g/mol. The Morgan fingerprint density at radius 2 is 2.05 bits per heavy atom. The second-order valence-corrected chi connectivity index (χ2v) is 5.11. The van der Waals surface area contributed by atoms with Gasteiger partial charge in [0.15, 0.2) is 0 Å². The van der Waals surface area contributed by atoms with Crippen LogP contribution in [0.15, 0.2) is 0 Å². The molecule has 0 aliphatic rings. The molecule has 1 aromatic rings. The Labute approximate surface area is 121 Å². The molecule has 4 nitrogen and oxygen atoms in total. The molecule has 2 unspecified atom stereocenters. The number of aromatic nitrogens is 2. The highest BCUT2D eigenvalue weighted by Gasteiger charge is 2.23. The highest BCUT2D eigenvalue weighted by atomic mass is 35.5. The molecule has 0 saturated carbocycles. The molecule has 5 heteroatoms. The molecule has 0 aliphatic carbocycles. The van der Waals surface area contributed by atoms with Gasteiger partial charge in [-0.05, 0) is 33.2 Å². The summed E-state index contributed by atoms with van der Waals surface area (Å²) in [5.41, 5.74) is 2.12. The molecule has 0 saturated heterocycles. The number of hydrogen-bond donors (Lipinski definition) is 1. The SMILES string of the molecule is CCNC(Cc1c(C)nn(C)c1Cl)C(CC)OCC. The van der Waals surface area contributed by atoms with Crippen LogP contribution in [0.2, 0.25) is 5.15 Å². The minimum Gasteiger partial charge on any atom is -0.377 e. The second kappa shape index (κ2) is 7.88. The third kappa shape index (κ3) is 4.20. The number of ether oxygens (including phenoxy) is 1. The maximum absolute atomic E-state index is 6.32. The number of aryl methyl sites for hydroxylation is 2. The Balaban J connectivity index is 2.88. The first-order valence-electron chi connectivity index (χ1n) is 7.07. The summed E-state index contributed by atoms with van der Waals surface area (Å²) in [5, 5.41) is 8.61. The first kappa shape index (κ1) is 16.5. The lowest BCUT2D eigenvalue weighted by Gasteiger charge is -2.27. The van der Waals surface area contributed by atoms with Crippen molar-refractivity contribution < 1.29 is 4.74 Å². The number of rotatable bonds is 8. The Morgan fingerprint density at radius 1 is 1.37 bits per heavy atom. The topological polar surface area (TPSA) is 39.1 Å². The fraction of sp³-hybridized carbons (Fsp3) is 0.786. The first-order chi connectivity index (χ1) is 9.04. The summed E-state index contributed by atoms with van der Waals surface area (Å²) >= 11 is 6.32. The van der Waals surface area contributed by atoms with Gasteiger partial charge in [0, 0.05) is 25.3 Å². The lowest BCUT2D eigenvalue weighted by Crippen LogP contribution is -2.42. The van der Waals surface area contributed by atoms with Gasteiger partial charge in [-0.3, -0.25) is 4.68 Å². The summed E-state index contributed by atoms with van der Waals surface area (Å²) in [6.07, 6.45) is 2.05. The Hall–Kier alpha value is -0.580. The van der Waals surface area contributed by atoms with E-state index in [9.17, 15) is 0 Å². The van der Waals surface area contributed by atoms with Crippen molar-refractivity contribution in [1.29, 1.82) is 0 Å². The summed E-state index contributed by atoms with van der Waals surface area (Å²) < 4.78 is 7.56. The molecule has 0 fully saturated rings. The van der Waals surface area contributed by atoms with E-state index in [1.54, 1.807) is 4.68 Å². The van der Waals surface area contributed by atoms with Crippen LogP contribution < -0.4 is 5.32 Å². The van der Waals surface area contributed by atoms with Gasteiger partial charge in [-0.1, -0.05) is 25.4 Å². The van der Waals surface area contributed by atoms with Crippen LogP contribution >= 0.6 is 11.6 Å². The predicted molar refractivity (Wildman–Crippen MR) is 79.8 cm³/mol. The van der Waals surface area contributed by atoms with Crippen LogP contribution in [-0.2, 0) is 18.2 Å². The Kier molecular flexibility index (Phi) is 6.83. The fourth-order valence-corrected chi connectivity index (χ4v) is 2.71. The predicted octanol–water partition coefficient (Wildman–Crippen LogP) is 2.72. The Morgan fingerprint density at radius 3 is 2.47 bits per heavy atom. The van der Waals surface area contributed by atoms with Crippen molar-refractivity contribution in [2.45, 2.75) is 52.7 Å². The highest BCUT2D eigenvalue weighted by molar-refractivity contribution is 6.30. The lowest BCUT2D eigenvalue weighted by molar-refractivity contribution is 0.0323. The van der Waals surface area contributed by atoms with E-state index < -0.39 is 0 Å². The maximum Gasteiger partial charge on any atom is 0.130 e. The van der Waals surface area contributed by atoms with Crippen molar-refractivity contribution in [3.8, 4) is 0 Å². The van der Waals surface area contributed by atoms with Gasteiger partial charge in [-0.2, -0.15) is 5.10 Å². The average molecular weight is 288 g/mol. The molecule has 1 aromatic heterocycles. The van der Waals surface area contributed by atoms with E-state index in [2.05, 4.69) is 24.3 Å². The number of nitrogens with zero attached hydrogens (tertiary/aromatic N) is 2. The van der Waals surface area contributed by atoms with E-state index in [0.717, 1.165) is 42.4 Å². The van der Waals surface area contributed by atoms with E-state index >= 15 is 0 Å². The van der Waals surface area contributed by atoms with Crippen LogP contribution in [-0.4, -0.2) is 35.1 Å². The van der Waals surface area contributed by atoms with Gasteiger partial charge in [0.2, 0.25) is 0 Å². The molecule has 110 valence electrons. The van der Waals surface area contributed by atoms with E-state index in [4.69, 9.17) is 16.3 Å². The normalized spacial score (nSPS) is 14.6. The molecule has 0 aliphatic heterocycles. The zero-order valence-electron chi connectivity index (χ0n) is 12.7. The van der Waals surface area contributed by atoms with Crippen molar-refractivity contribution in [3.05, 3.63) is 16.4 Å². The molecular weight excluding hydrogens is 262 g/mol. The zero-order valence-corrected chi connectivity index (χ0v) is 13.4. The quantitative estimate of drug-likeness (QED) is 0.799. The third-order valence-corrected chi connectivity index (χ3v) is 3.86. The summed E-state index contributed by atoms with van der Waals surface area (Å²) in [7, 11) is 1.88. The van der Waals surface area contributed by atoms with Crippen molar-refractivity contribution in [1.82, 2.24) is 15.1 Å². The van der Waals surface area contributed by atoms with Gasteiger partial charge in [-0.15, -0.1) is 0 Å². The van der Waals surface area contributed by atoms with Crippen molar-refractivity contribution in [2.75, 3.05) is 13.2 Å². The first-order valence-corrected chi connectivity index (χ1v) is 7.45. The van der Waals surface area contributed by atoms with E-state index in [-0.39, 0.29) is 12.1 Å². The molecule has 0 aromatic carbocycles. The maximum atomic E-state index is 6.32. The van der Waals surface area contributed by atoms with Gasteiger partial charge < -0.3 is 10.1 Å². The van der Waals surface area contributed by atoms with E-state index in [1.807, 2.05) is 20.9 Å². The van der Waals surface area contributed by atoms with Gasteiger partial charge in [0.05, 0.1) is 11.8 Å². The molecule has 0 spiro atoms. The molecule has 2 atom stereocenters. The second-order valence-electron chi connectivity index (χ2n) is 4.75. The van der Waals surface area contributed by atoms with Crippen molar-refractivity contribution >= 4 is 11.6 Å². The molecule has 1 N–H and O–H groups in total.